The molecule has 7 nitrogen and oxygen atoms in total. The highest BCUT2D eigenvalue weighted by Gasteiger charge is 2.23. The number of aryl methyl sites for hydroxylation is 1. The molecule has 0 aliphatic heterocycles. The number of amides is 1. The molecule has 2 aromatic heterocycles. The van der Waals surface area contributed by atoms with Crippen LogP contribution in [-0.4, -0.2) is 34.7 Å². The van der Waals surface area contributed by atoms with Gasteiger partial charge < -0.3 is 19.4 Å². The number of hydrogen-bond donors (Lipinski definition) is 1. The maximum Gasteiger partial charge on any atom is 0.252 e. The summed E-state index contributed by atoms with van der Waals surface area (Å²) in [7, 11) is 5.01. The first-order chi connectivity index (χ1) is 13.0. The first-order valence-electron chi connectivity index (χ1n) is 8.14. The molecule has 3 aromatic rings. The molecule has 1 amide bonds. The van der Waals surface area contributed by atoms with Gasteiger partial charge in [-0.25, -0.2) is 9.97 Å². The van der Waals surface area contributed by atoms with Gasteiger partial charge in [-0.15, -0.1) is 0 Å². The van der Waals surface area contributed by atoms with Crippen molar-refractivity contribution in [1.29, 1.82) is 0 Å². The van der Waals surface area contributed by atoms with E-state index in [-0.39, 0.29) is 11.1 Å². The van der Waals surface area contributed by atoms with Gasteiger partial charge in [0, 0.05) is 37.3 Å². The van der Waals surface area contributed by atoms with Gasteiger partial charge in [0.15, 0.2) is 0 Å². The first-order valence-corrected chi connectivity index (χ1v) is 8.52. The molecular weight excluding hydrogens is 368 g/mol. The zero-order valence-corrected chi connectivity index (χ0v) is 15.9. The van der Waals surface area contributed by atoms with E-state index < -0.39 is 6.04 Å². The summed E-state index contributed by atoms with van der Waals surface area (Å²) in [6.45, 7) is 0. The summed E-state index contributed by atoms with van der Waals surface area (Å²) in [4.78, 5) is 21.1. The quantitative estimate of drug-likeness (QED) is 0.659. The molecule has 8 heteroatoms. The molecule has 1 atom stereocenters. The van der Waals surface area contributed by atoms with Gasteiger partial charge in [0.05, 0.1) is 14.2 Å². The summed E-state index contributed by atoms with van der Waals surface area (Å²) in [5.74, 6) is 1.60. The topological polar surface area (TPSA) is 78.3 Å². The lowest BCUT2D eigenvalue weighted by atomic mass is 10.0. The molecule has 1 N–H and O–H groups in total. The number of aromatic nitrogens is 3. The minimum atomic E-state index is -0.520. The molecule has 0 fully saturated rings. The third-order valence-electron chi connectivity index (χ3n) is 4.09. The SMILES string of the molecule is COc1cc(OC)cc(C(NC(=O)c2ccnc(Cl)c2)c2nccn2C)c1. The molecule has 0 radical (unpaired) electrons. The van der Waals surface area contributed by atoms with Gasteiger partial charge in [0.2, 0.25) is 0 Å². The number of pyridine rings is 1. The van der Waals surface area contributed by atoms with E-state index in [2.05, 4.69) is 15.3 Å². The molecular formula is C19H19ClN4O3. The van der Waals surface area contributed by atoms with E-state index in [4.69, 9.17) is 21.1 Å². The number of hydrogen-bond acceptors (Lipinski definition) is 5. The smallest absolute Gasteiger partial charge is 0.252 e. The molecule has 0 saturated carbocycles. The van der Waals surface area contributed by atoms with Crippen LogP contribution in [0.1, 0.15) is 27.8 Å². The van der Waals surface area contributed by atoms with Crippen molar-refractivity contribution in [3.8, 4) is 11.5 Å². The van der Waals surface area contributed by atoms with Crippen LogP contribution >= 0.6 is 11.6 Å². The van der Waals surface area contributed by atoms with Crippen LogP contribution in [0, 0.1) is 0 Å². The number of benzene rings is 1. The van der Waals surface area contributed by atoms with Crippen molar-refractivity contribution in [3.05, 3.63) is 71.0 Å². The average molecular weight is 387 g/mol. The Labute approximate surface area is 161 Å². The molecule has 0 spiro atoms. The maximum atomic E-state index is 12.8. The molecule has 2 heterocycles. The van der Waals surface area contributed by atoms with Gasteiger partial charge in [-0.1, -0.05) is 11.6 Å². The van der Waals surface area contributed by atoms with Crippen LogP contribution in [-0.2, 0) is 7.05 Å². The summed E-state index contributed by atoms with van der Waals surface area (Å²) in [6, 6.07) is 8.03. The van der Waals surface area contributed by atoms with Gasteiger partial charge in [-0.3, -0.25) is 4.79 Å². The Balaban J connectivity index is 2.02. The van der Waals surface area contributed by atoms with Crippen LogP contribution in [0.2, 0.25) is 5.15 Å². The molecule has 1 unspecified atom stereocenters. The number of methoxy groups -OCH3 is 2. The highest BCUT2D eigenvalue weighted by Crippen LogP contribution is 2.29. The number of halogens is 1. The fourth-order valence-electron chi connectivity index (χ4n) is 2.71. The van der Waals surface area contributed by atoms with Gasteiger partial charge in [0.1, 0.15) is 28.5 Å². The Morgan fingerprint density at radius 2 is 1.81 bits per heavy atom. The van der Waals surface area contributed by atoms with E-state index in [1.165, 1.54) is 12.3 Å². The molecule has 27 heavy (non-hydrogen) atoms. The van der Waals surface area contributed by atoms with Crippen LogP contribution in [0.4, 0.5) is 0 Å². The number of carbonyl (C=O) groups excluding carboxylic acids is 1. The van der Waals surface area contributed by atoms with Crippen LogP contribution < -0.4 is 14.8 Å². The van der Waals surface area contributed by atoms with Crippen molar-refractivity contribution in [2.24, 2.45) is 7.05 Å². The monoisotopic (exact) mass is 386 g/mol. The zero-order chi connectivity index (χ0) is 19.4. The molecule has 1 aromatic carbocycles. The Morgan fingerprint density at radius 3 is 2.37 bits per heavy atom. The normalized spacial score (nSPS) is 11.7. The second kappa shape index (κ2) is 8.09. The Hall–Kier alpha value is -3.06. The molecule has 0 aliphatic rings. The van der Waals surface area contributed by atoms with Crippen LogP contribution in [0.25, 0.3) is 0 Å². The number of rotatable bonds is 6. The van der Waals surface area contributed by atoms with E-state index in [0.29, 0.717) is 22.9 Å². The lowest BCUT2D eigenvalue weighted by Crippen LogP contribution is -2.31. The van der Waals surface area contributed by atoms with E-state index in [9.17, 15) is 4.79 Å². The fraction of sp³-hybridized carbons (Fsp3) is 0.211. The van der Waals surface area contributed by atoms with Crippen LogP contribution in [0.15, 0.2) is 48.9 Å². The highest BCUT2D eigenvalue weighted by molar-refractivity contribution is 6.29. The first kappa shape index (κ1) is 18.7. The average Bonchev–Trinajstić information content (AvgIpc) is 3.11. The summed E-state index contributed by atoms with van der Waals surface area (Å²) in [5.41, 5.74) is 1.18. The number of imidazole rings is 1. The number of carbonyl (C=O) groups is 1. The standard InChI is InChI=1S/C19H19ClN4O3/c1-24-7-6-22-18(24)17(13-8-14(26-2)11-15(9-13)27-3)23-19(25)12-4-5-21-16(20)10-12/h4-11,17H,1-3H3,(H,23,25). The van der Waals surface area contributed by atoms with Gasteiger partial charge in [-0.05, 0) is 29.8 Å². The minimum Gasteiger partial charge on any atom is -0.497 e. The van der Waals surface area contributed by atoms with Crippen molar-refractivity contribution in [2.45, 2.75) is 6.04 Å². The fourth-order valence-corrected chi connectivity index (χ4v) is 2.88. The van der Waals surface area contributed by atoms with Crippen LogP contribution in [0.5, 0.6) is 11.5 Å². The van der Waals surface area contributed by atoms with Crippen molar-refractivity contribution < 1.29 is 14.3 Å². The number of ether oxygens (including phenoxy) is 2. The molecule has 0 aliphatic carbocycles. The second-order valence-corrected chi connectivity index (χ2v) is 6.20. The Bertz CT molecular complexity index is 935. The van der Waals surface area contributed by atoms with Crippen LogP contribution in [0.3, 0.4) is 0 Å². The Kier molecular flexibility index (Phi) is 5.61. The molecule has 0 bridgehead atoms. The predicted molar refractivity (Wildman–Crippen MR) is 101 cm³/mol. The van der Waals surface area contributed by atoms with E-state index >= 15 is 0 Å². The number of nitrogens with one attached hydrogen (secondary N) is 1. The van der Waals surface area contributed by atoms with Crippen molar-refractivity contribution >= 4 is 17.5 Å². The zero-order valence-electron chi connectivity index (χ0n) is 15.1. The minimum absolute atomic E-state index is 0.249. The Morgan fingerprint density at radius 1 is 1.11 bits per heavy atom. The van der Waals surface area contributed by atoms with Crippen molar-refractivity contribution in [1.82, 2.24) is 19.9 Å². The van der Waals surface area contributed by atoms with Gasteiger partial charge >= 0.3 is 0 Å². The summed E-state index contributed by atoms with van der Waals surface area (Å²) >= 11 is 5.91. The highest BCUT2D eigenvalue weighted by atomic mass is 35.5. The van der Waals surface area contributed by atoms with Crippen molar-refractivity contribution in [3.63, 3.8) is 0 Å². The molecule has 0 saturated heterocycles. The maximum absolute atomic E-state index is 12.8. The third-order valence-corrected chi connectivity index (χ3v) is 4.29. The molecule has 140 valence electrons. The van der Waals surface area contributed by atoms with E-state index in [1.807, 2.05) is 29.9 Å². The largest absolute Gasteiger partial charge is 0.497 e. The summed E-state index contributed by atoms with van der Waals surface area (Å²) in [5, 5.41) is 3.25. The van der Waals surface area contributed by atoms with Gasteiger partial charge in [-0.2, -0.15) is 0 Å². The lowest BCUT2D eigenvalue weighted by Gasteiger charge is -2.20. The molecule has 3 rings (SSSR count). The second-order valence-electron chi connectivity index (χ2n) is 5.82. The summed E-state index contributed by atoms with van der Waals surface area (Å²) in [6.07, 6.45) is 4.98. The third kappa shape index (κ3) is 4.20. The predicted octanol–water partition coefficient (Wildman–Crippen LogP) is 3.01. The van der Waals surface area contributed by atoms with Gasteiger partial charge in [0.25, 0.3) is 5.91 Å². The van der Waals surface area contributed by atoms with E-state index in [0.717, 1.165) is 5.56 Å². The summed E-state index contributed by atoms with van der Waals surface area (Å²) < 4.78 is 12.6. The van der Waals surface area contributed by atoms with Crippen molar-refractivity contribution in [2.75, 3.05) is 14.2 Å². The lowest BCUT2D eigenvalue weighted by molar-refractivity contribution is 0.0941. The number of nitrogens with zero attached hydrogens (tertiary/aromatic N) is 3. The van der Waals surface area contributed by atoms with E-state index in [1.54, 1.807) is 32.5 Å².